The average molecular weight is 314 g/mol. The molecule has 0 saturated heterocycles. The summed E-state index contributed by atoms with van der Waals surface area (Å²) in [7, 11) is -3.62. The van der Waals surface area contributed by atoms with Gasteiger partial charge in [-0.25, -0.2) is 17.5 Å². The van der Waals surface area contributed by atoms with Gasteiger partial charge in [0, 0.05) is 18.2 Å². The van der Waals surface area contributed by atoms with Crippen molar-refractivity contribution in [2.45, 2.75) is 57.0 Å². The third kappa shape index (κ3) is 4.02. The van der Waals surface area contributed by atoms with Gasteiger partial charge in [0.05, 0.1) is 4.90 Å². The van der Waals surface area contributed by atoms with Gasteiger partial charge < -0.3 is 5.73 Å². The molecule has 1 aliphatic carbocycles. The Bertz CT molecular complexity index is 604. The minimum atomic E-state index is -3.62. The molecule has 21 heavy (non-hydrogen) atoms. The molecule has 0 spiro atoms. The summed E-state index contributed by atoms with van der Waals surface area (Å²) in [5.41, 5.74) is 5.91. The summed E-state index contributed by atoms with van der Waals surface area (Å²) in [6.07, 6.45) is 3.66. The summed E-state index contributed by atoms with van der Waals surface area (Å²) in [5, 5.41) is 0. The van der Waals surface area contributed by atoms with Gasteiger partial charge in [-0.2, -0.15) is 0 Å². The fourth-order valence-electron chi connectivity index (χ4n) is 2.68. The first-order valence-corrected chi connectivity index (χ1v) is 8.73. The molecule has 0 aromatic heterocycles. The molecule has 118 valence electrons. The molecule has 1 fully saturated rings. The minimum absolute atomic E-state index is 0.0210. The molecule has 1 aliphatic rings. The van der Waals surface area contributed by atoms with E-state index in [4.69, 9.17) is 5.73 Å². The maximum atomic E-state index is 13.4. The second-order valence-corrected chi connectivity index (χ2v) is 8.23. The van der Waals surface area contributed by atoms with Crippen LogP contribution in [0.1, 0.15) is 45.1 Å². The molecule has 2 rings (SSSR count). The molecular weight excluding hydrogens is 291 g/mol. The molecule has 0 amide bonds. The number of hydrogen-bond acceptors (Lipinski definition) is 3. The molecule has 1 aromatic carbocycles. The Morgan fingerprint density at radius 2 is 1.95 bits per heavy atom. The number of hydrogen-bond donors (Lipinski definition) is 2. The summed E-state index contributed by atoms with van der Waals surface area (Å²) in [4.78, 5) is 0.0779. The van der Waals surface area contributed by atoms with E-state index in [1.807, 2.05) is 0 Å². The molecule has 1 aromatic rings. The van der Waals surface area contributed by atoms with E-state index in [1.165, 1.54) is 12.1 Å². The van der Waals surface area contributed by atoms with E-state index < -0.39 is 15.8 Å². The van der Waals surface area contributed by atoms with Crippen LogP contribution in [0.4, 0.5) is 4.39 Å². The van der Waals surface area contributed by atoms with E-state index in [1.54, 1.807) is 0 Å². The Kier molecular flexibility index (Phi) is 4.70. The van der Waals surface area contributed by atoms with Crippen molar-refractivity contribution < 1.29 is 12.8 Å². The fourth-order valence-corrected chi connectivity index (χ4v) is 4.03. The Morgan fingerprint density at radius 3 is 2.52 bits per heavy atom. The number of halogens is 1. The van der Waals surface area contributed by atoms with Crippen molar-refractivity contribution in [3.05, 3.63) is 29.6 Å². The molecule has 0 bridgehead atoms. The third-order valence-corrected chi connectivity index (χ3v) is 5.73. The van der Waals surface area contributed by atoms with E-state index >= 15 is 0 Å². The number of benzene rings is 1. The third-order valence-electron chi connectivity index (χ3n) is 4.21. The molecule has 1 saturated carbocycles. The summed E-state index contributed by atoms with van der Waals surface area (Å²) in [5.74, 6) is -0.476. The zero-order valence-corrected chi connectivity index (χ0v) is 13.3. The van der Waals surface area contributed by atoms with Crippen LogP contribution in [0.15, 0.2) is 23.1 Å². The van der Waals surface area contributed by atoms with Crippen LogP contribution in [0.3, 0.4) is 0 Å². The minimum Gasteiger partial charge on any atom is -0.326 e. The largest absolute Gasteiger partial charge is 0.326 e. The van der Waals surface area contributed by atoms with E-state index in [-0.39, 0.29) is 28.5 Å². The van der Waals surface area contributed by atoms with Crippen molar-refractivity contribution in [2.24, 2.45) is 11.1 Å². The monoisotopic (exact) mass is 314 g/mol. The topological polar surface area (TPSA) is 72.2 Å². The fraction of sp³-hybridized carbons (Fsp3) is 0.600. The van der Waals surface area contributed by atoms with E-state index in [0.29, 0.717) is 0 Å². The Balaban J connectivity index is 2.12. The Hall–Kier alpha value is -0.980. The van der Waals surface area contributed by atoms with E-state index in [0.717, 1.165) is 31.7 Å². The quantitative estimate of drug-likeness (QED) is 0.897. The van der Waals surface area contributed by atoms with Gasteiger partial charge in [0.25, 0.3) is 0 Å². The smallest absolute Gasteiger partial charge is 0.240 e. The van der Waals surface area contributed by atoms with Gasteiger partial charge >= 0.3 is 0 Å². The van der Waals surface area contributed by atoms with Crippen molar-refractivity contribution >= 4 is 10.0 Å². The maximum absolute atomic E-state index is 13.4. The van der Waals surface area contributed by atoms with Crippen LogP contribution < -0.4 is 10.5 Å². The Morgan fingerprint density at radius 1 is 1.33 bits per heavy atom. The number of sulfonamides is 1. The molecular formula is C15H23FN2O2S. The van der Waals surface area contributed by atoms with Crippen LogP contribution in [-0.4, -0.2) is 14.5 Å². The van der Waals surface area contributed by atoms with Crippen LogP contribution in [0.5, 0.6) is 0 Å². The first-order valence-electron chi connectivity index (χ1n) is 7.24. The van der Waals surface area contributed by atoms with Gasteiger partial charge in [0.2, 0.25) is 10.0 Å². The number of rotatable bonds is 4. The highest BCUT2D eigenvalue weighted by Gasteiger charge is 2.29. The predicted octanol–water partition coefficient (Wildman–Crippen LogP) is 2.53. The average Bonchev–Trinajstić information content (AvgIpc) is 2.41. The lowest BCUT2D eigenvalue weighted by molar-refractivity contribution is 0.218. The van der Waals surface area contributed by atoms with E-state index in [9.17, 15) is 12.8 Å². The second-order valence-electron chi connectivity index (χ2n) is 6.52. The van der Waals surface area contributed by atoms with Gasteiger partial charge in [-0.1, -0.05) is 13.8 Å². The predicted molar refractivity (Wildman–Crippen MR) is 80.6 cm³/mol. The van der Waals surface area contributed by atoms with Gasteiger partial charge in [-0.05, 0) is 49.3 Å². The summed E-state index contributed by atoms with van der Waals surface area (Å²) in [6, 6.07) is 3.70. The number of nitrogens with one attached hydrogen (secondary N) is 1. The molecule has 0 unspecified atom stereocenters. The van der Waals surface area contributed by atoms with Crippen molar-refractivity contribution in [3.63, 3.8) is 0 Å². The van der Waals surface area contributed by atoms with Crippen molar-refractivity contribution in [1.29, 1.82) is 0 Å². The Labute approximate surface area is 126 Å². The highest BCUT2D eigenvalue weighted by Crippen LogP contribution is 2.35. The zero-order valence-electron chi connectivity index (χ0n) is 12.5. The lowest BCUT2D eigenvalue weighted by atomic mass is 9.76. The molecule has 3 N–H and O–H groups in total. The van der Waals surface area contributed by atoms with Gasteiger partial charge in [0.15, 0.2) is 0 Å². The van der Waals surface area contributed by atoms with Crippen molar-refractivity contribution in [1.82, 2.24) is 4.72 Å². The van der Waals surface area contributed by atoms with Crippen LogP contribution in [0.2, 0.25) is 0 Å². The first kappa shape index (κ1) is 16.4. The lowest BCUT2D eigenvalue weighted by Gasteiger charge is -2.34. The lowest BCUT2D eigenvalue weighted by Crippen LogP contribution is -2.39. The van der Waals surface area contributed by atoms with Crippen LogP contribution in [0, 0.1) is 11.2 Å². The van der Waals surface area contributed by atoms with Crippen molar-refractivity contribution in [3.8, 4) is 0 Å². The summed E-state index contributed by atoms with van der Waals surface area (Å²) >= 11 is 0. The number of nitrogens with two attached hydrogens (primary N) is 1. The van der Waals surface area contributed by atoms with Crippen molar-refractivity contribution in [2.75, 3.05) is 0 Å². The molecule has 0 heterocycles. The highest BCUT2D eigenvalue weighted by molar-refractivity contribution is 7.89. The normalized spacial score (nSPS) is 19.6. The zero-order chi connectivity index (χ0) is 15.7. The molecule has 6 heteroatoms. The SMILES string of the molecule is CC1(C)CCC(NS(=O)(=O)c2ccc(F)c(CN)c2)CC1. The molecule has 0 atom stereocenters. The van der Waals surface area contributed by atoms with Crippen LogP contribution in [0.25, 0.3) is 0 Å². The molecule has 0 radical (unpaired) electrons. The van der Waals surface area contributed by atoms with Crippen LogP contribution in [-0.2, 0) is 16.6 Å². The highest BCUT2D eigenvalue weighted by atomic mass is 32.2. The van der Waals surface area contributed by atoms with Gasteiger partial charge in [0.1, 0.15) is 5.82 Å². The van der Waals surface area contributed by atoms with Gasteiger partial charge in [-0.3, -0.25) is 0 Å². The molecule has 0 aliphatic heterocycles. The summed E-state index contributed by atoms with van der Waals surface area (Å²) in [6.45, 7) is 4.38. The standard InChI is InChI=1S/C15H23FN2O2S/c1-15(2)7-5-12(6-8-15)18-21(19,20)13-3-4-14(16)11(9-13)10-17/h3-4,9,12,18H,5-8,10,17H2,1-2H3. The van der Waals surface area contributed by atoms with E-state index in [2.05, 4.69) is 18.6 Å². The van der Waals surface area contributed by atoms with Crippen LogP contribution >= 0.6 is 0 Å². The molecule has 4 nitrogen and oxygen atoms in total. The first-order chi connectivity index (χ1) is 9.73. The summed E-state index contributed by atoms with van der Waals surface area (Å²) < 4.78 is 40.9. The maximum Gasteiger partial charge on any atom is 0.240 e. The second kappa shape index (κ2) is 6.02. The van der Waals surface area contributed by atoms with Gasteiger partial charge in [-0.15, -0.1) is 0 Å².